The number of hydrogen-bond acceptors (Lipinski definition) is 6. The number of sulfonamides is 1. The first kappa shape index (κ1) is 15.9. The van der Waals surface area contributed by atoms with Crippen molar-refractivity contribution in [1.29, 1.82) is 0 Å². The molecule has 2 N–H and O–H groups in total. The van der Waals surface area contributed by atoms with E-state index in [0.717, 1.165) is 5.01 Å². The maximum atomic E-state index is 12.3. The van der Waals surface area contributed by atoms with Crippen LogP contribution in [0.25, 0.3) is 0 Å². The Morgan fingerprint density at radius 2 is 2.14 bits per heavy atom. The van der Waals surface area contributed by atoms with E-state index in [0.29, 0.717) is 18.9 Å². The first-order chi connectivity index (χ1) is 10.0. The van der Waals surface area contributed by atoms with Crippen LogP contribution in [-0.4, -0.2) is 31.5 Å². The average molecular weight is 326 g/mol. The zero-order chi connectivity index (χ0) is 15.3. The molecule has 0 radical (unpaired) electrons. The van der Waals surface area contributed by atoms with Crippen molar-refractivity contribution in [2.75, 3.05) is 18.4 Å². The molecular weight excluding hydrogens is 308 g/mol. The van der Waals surface area contributed by atoms with Crippen LogP contribution in [0.15, 0.2) is 34.8 Å². The Hall–Kier alpha value is -1.51. The number of nitrogens with one attached hydrogen (secondary N) is 2. The zero-order valence-corrected chi connectivity index (χ0v) is 13.5. The number of thiazole rings is 1. The fourth-order valence-electron chi connectivity index (χ4n) is 1.74. The van der Waals surface area contributed by atoms with Crippen molar-refractivity contribution >= 4 is 27.2 Å². The van der Waals surface area contributed by atoms with Crippen LogP contribution in [-0.2, 0) is 10.0 Å². The summed E-state index contributed by atoms with van der Waals surface area (Å²) in [6.07, 6.45) is 3.20. The molecule has 0 spiro atoms. The van der Waals surface area contributed by atoms with E-state index in [2.05, 4.69) is 20.0 Å². The quantitative estimate of drug-likeness (QED) is 0.813. The zero-order valence-electron chi connectivity index (χ0n) is 11.9. The Balaban J connectivity index is 2.06. The first-order valence-electron chi connectivity index (χ1n) is 6.62. The second kappa shape index (κ2) is 6.97. The standard InChI is InChI=1S/C13H18N4O2S2/c1-3-14-12-8-11(4-5-15-12)21(18,19)17-9-10(2)13-16-6-7-20-13/h4-8,10,17H,3,9H2,1-2H3,(H,14,15). The number of anilines is 1. The lowest BCUT2D eigenvalue weighted by Crippen LogP contribution is -2.27. The lowest BCUT2D eigenvalue weighted by atomic mass is 10.2. The molecular formula is C13H18N4O2S2. The summed E-state index contributed by atoms with van der Waals surface area (Å²) < 4.78 is 27.2. The Morgan fingerprint density at radius 1 is 1.33 bits per heavy atom. The van der Waals surface area contributed by atoms with Crippen LogP contribution in [0, 0.1) is 0 Å². The molecule has 2 aromatic rings. The summed E-state index contributed by atoms with van der Waals surface area (Å²) in [6, 6.07) is 3.01. The van der Waals surface area contributed by atoms with Crippen LogP contribution in [0.3, 0.4) is 0 Å². The summed E-state index contributed by atoms with van der Waals surface area (Å²) in [5.41, 5.74) is 0. The molecule has 2 aromatic heterocycles. The van der Waals surface area contributed by atoms with Gasteiger partial charge in [0.15, 0.2) is 0 Å². The minimum absolute atomic E-state index is 0.0369. The van der Waals surface area contributed by atoms with E-state index in [4.69, 9.17) is 0 Å². The molecule has 0 aliphatic heterocycles. The van der Waals surface area contributed by atoms with E-state index in [1.54, 1.807) is 6.20 Å². The van der Waals surface area contributed by atoms with Crippen molar-refractivity contribution in [3.63, 3.8) is 0 Å². The van der Waals surface area contributed by atoms with Crippen molar-refractivity contribution < 1.29 is 8.42 Å². The van der Waals surface area contributed by atoms with Crippen molar-refractivity contribution in [2.45, 2.75) is 24.7 Å². The summed E-state index contributed by atoms with van der Waals surface area (Å²) in [5.74, 6) is 0.586. The number of nitrogens with zero attached hydrogens (tertiary/aromatic N) is 2. The van der Waals surface area contributed by atoms with Crippen molar-refractivity contribution in [3.8, 4) is 0 Å². The maximum absolute atomic E-state index is 12.3. The summed E-state index contributed by atoms with van der Waals surface area (Å²) in [5, 5.41) is 5.79. The number of aromatic nitrogens is 2. The van der Waals surface area contributed by atoms with E-state index in [9.17, 15) is 8.42 Å². The smallest absolute Gasteiger partial charge is 0.240 e. The van der Waals surface area contributed by atoms with Gasteiger partial charge in [-0.2, -0.15) is 0 Å². The third kappa shape index (κ3) is 4.23. The molecule has 0 aliphatic carbocycles. The van der Waals surface area contributed by atoms with Gasteiger partial charge in [0.05, 0.1) is 9.90 Å². The molecule has 2 heterocycles. The van der Waals surface area contributed by atoms with E-state index < -0.39 is 10.0 Å². The third-order valence-corrected chi connectivity index (χ3v) is 5.28. The molecule has 0 amide bonds. The third-order valence-electron chi connectivity index (χ3n) is 2.85. The molecule has 0 aliphatic rings. The topological polar surface area (TPSA) is 84.0 Å². The molecule has 21 heavy (non-hydrogen) atoms. The highest BCUT2D eigenvalue weighted by atomic mass is 32.2. The van der Waals surface area contributed by atoms with Gasteiger partial charge < -0.3 is 5.32 Å². The molecule has 0 saturated heterocycles. The van der Waals surface area contributed by atoms with Gasteiger partial charge in [-0.1, -0.05) is 6.92 Å². The monoisotopic (exact) mass is 326 g/mol. The van der Waals surface area contributed by atoms with Gasteiger partial charge in [-0.3, -0.25) is 0 Å². The van der Waals surface area contributed by atoms with Crippen LogP contribution in [0.1, 0.15) is 24.8 Å². The fraction of sp³-hybridized carbons (Fsp3) is 0.385. The van der Waals surface area contributed by atoms with Crippen LogP contribution in [0.5, 0.6) is 0 Å². The Morgan fingerprint density at radius 3 is 2.81 bits per heavy atom. The molecule has 6 nitrogen and oxygen atoms in total. The summed E-state index contributed by atoms with van der Waals surface area (Å²) in [4.78, 5) is 8.47. The highest BCUT2D eigenvalue weighted by molar-refractivity contribution is 7.89. The maximum Gasteiger partial charge on any atom is 0.240 e. The number of hydrogen-bond donors (Lipinski definition) is 2. The Bertz CT molecular complexity index is 671. The molecule has 2 rings (SSSR count). The van der Waals surface area contributed by atoms with Gasteiger partial charge in [0, 0.05) is 42.8 Å². The Kier molecular flexibility index (Phi) is 5.27. The highest BCUT2D eigenvalue weighted by Gasteiger charge is 2.17. The molecule has 1 unspecified atom stereocenters. The molecule has 0 saturated carbocycles. The van der Waals surface area contributed by atoms with Gasteiger partial charge in [0.25, 0.3) is 0 Å². The van der Waals surface area contributed by atoms with E-state index >= 15 is 0 Å². The SMILES string of the molecule is CCNc1cc(S(=O)(=O)NCC(C)c2nccs2)ccn1. The fourth-order valence-corrected chi connectivity index (χ4v) is 3.58. The molecule has 0 bridgehead atoms. The molecule has 8 heteroatoms. The van der Waals surface area contributed by atoms with E-state index in [-0.39, 0.29) is 10.8 Å². The van der Waals surface area contributed by atoms with Gasteiger partial charge in [-0.25, -0.2) is 23.1 Å². The van der Waals surface area contributed by atoms with Crippen LogP contribution < -0.4 is 10.0 Å². The number of rotatable bonds is 7. The normalized spacial score (nSPS) is 13.0. The predicted octanol–water partition coefficient (Wildman–Crippen LogP) is 2.05. The van der Waals surface area contributed by atoms with Crippen molar-refractivity contribution in [2.24, 2.45) is 0 Å². The van der Waals surface area contributed by atoms with Crippen molar-refractivity contribution in [3.05, 3.63) is 34.9 Å². The molecule has 0 fully saturated rings. The van der Waals surface area contributed by atoms with Gasteiger partial charge in [-0.15, -0.1) is 11.3 Å². The second-order valence-electron chi connectivity index (χ2n) is 4.53. The minimum atomic E-state index is -3.54. The van der Waals surface area contributed by atoms with Crippen LogP contribution in [0.4, 0.5) is 5.82 Å². The summed E-state index contributed by atoms with van der Waals surface area (Å²) in [6.45, 7) is 4.87. The van der Waals surface area contributed by atoms with Gasteiger partial charge in [0.2, 0.25) is 10.0 Å². The van der Waals surface area contributed by atoms with Gasteiger partial charge in [-0.05, 0) is 13.0 Å². The summed E-state index contributed by atoms with van der Waals surface area (Å²) >= 11 is 1.52. The van der Waals surface area contributed by atoms with Crippen LogP contribution in [0.2, 0.25) is 0 Å². The minimum Gasteiger partial charge on any atom is -0.370 e. The lowest BCUT2D eigenvalue weighted by molar-refractivity contribution is 0.574. The molecule has 1 atom stereocenters. The Labute approximate surface area is 128 Å². The molecule has 114 valence electrons. The predicted molar refractivity (Wildman–Crippen MR) is 84.1 cm³/mol. The van der Waals surface area contributed by atoms with Crippen molar-refractivity contribution in [1.82, 2.24) is 14.7 Å². The largest absolute Gasteiger partial charge is 0.370 e. The molecule has 0 aromatic carbocycles. The first-order valence-corrected chi connectivity index (χ1v) is 8.98. The lowest BCUT2D eigenvalue weighted by Gasteiger charge is -2.11. The van der Waals surface area contributed by atoms with Crippen LogP contribution >= 0.6 is 11.3 Å². The number of pyridine rings is 1. The second-order valence-corrected chi connectivity index (χ2v) is 7.22. The van der Waals surface area contributed by atoms with Gasteiger partial charge >= 0.3 is 0 Å². The average Bonchev–Trinajstić information content (AvgIpc) is 3.00. The van der Waals surface area contributed by atoms with Gasteiger partial charge in [0.1, 0.15) is 5.82 Å². The summed E-state index contributed by atoms with van der Waals surface area (Å²) in [7, 11) is -3.54. The highest BCUT2D eigenvalue weighted by Crippen LogP contribution is 2.18. The van der Waals surface area contributed by atoms with E-state index in [1.807, 2.05) is 19.2 Å². The van der Waals surface area contributed by atoms with E-state index in [1.165, 1.54) is 29.7 Å².